The molecule has 0 aliphatic carbocycles. The number of rotatable bonds is 6. The van der Waals surface area contributed by atoms with E-state index in [1.165, 1.54) is 18.2 Å². The third kappa shape index (κ3) is 5.92. The summed E-state index contributed by atoms with van der Waals surface area (Å²) < 4.78 is 76.0. The van der Waals surface area contributed by atoms with Gasteiger partial charge in [0.25, 0.3) is 0 Å². The Morgan fingerprint density at radius 1 is 1.11 bits per heavy atom. The van der Waals surface area contributed by atoms with E-state index in [0.29, 0.717) is 12.1 Å². The smallest absolute Gasteiger partial charge is 0.306 e. The molecule has 0 fully saturated rings. The van der Waals surface area contributed by atoms with Crippen LogP contribution in [0.5, 0.6) is 0 Å². The quantitative estimate of drug-likeness (QED) is 0.571. The molecule has 2 aromatic rings. The van der Waals surface area contributed by atoms with Crippen molar-refractivity contribution in [3.8, 4) is 17.3 Å². The number of aromatic nitrogens is 2. The molecule has 4 nitrogen and oxygen atoms in total. The molecule has 28 heavy (non-hydrogen) atoms. The van der Waals surface area contributed by atoms with Gasteiger partial charge in [-0.2, -0.15) is 31.6 Å². The van der Waals surface area contributed by atoms with Gasteiger partial charge in [-0.05, 0) is 44.5 Å². The highest BCUT2D eigenvalue weighted by Gasteiger charge is 2.35. The average Bonchev–Trinajstić information content (AvgIpc) is 2.63. The first-order valence-corrected chi connectivity index (χ1v) is 8.26. The van der Waals surface area contributed by atoms with Gasteiger partial charge in [0.2, 0.25) is 5.82 Å². The van der Waals surface area contributed by atoms with Gasteiger partial charge in [0.05, 0.1) is 11.3 Å². The van der Waals surface area contributed by atoms with Gasteiger partial charge in [0.1, 0.15) is 12.1 Å². The van der Waals surface area contributed by atoms with Crippen LogP contribution in [-0.2, 0) is 12.6 Å². The Bertz CT molecular complexity index is 854. The molecule has 0 aliphatic heterocycles. The molecule has 2 rings (SSSR count). The van der Waals surface area contributed by atoms with Crippen molar-refractivity contribution in [3.05, 3.63) is 47.4 Å². The molecule has 1 atom stereocenters. The maximum Gasteiger partial charge on any atom is 0.416 e. The molecule has 1 heterocycles. The minimum atomic E-state index is -4.52. The number of nitrogens with one attached hydrogen (secondary N) is 1. The van der Waals surface area contributed by atoms with Gasteiger partial charge in [-0.25, -0.2) is 9.97 Å². The second-order valence-corrected chi connectivity index (χ2v) is 6.08. The highest BCUT2D eigenvalue weighted by atomic mass is 19.4. The van der Waals surface area contributed by atoms with E-state index in [0.717, 1.165) is 19.1 Å². The monoisotopic (exact) mass is 402 g/mol. The molecule has 0 radical (unpaired) electrons. The Morgan fingerprint density at radius 2 is 1.82 bits per heavy atom. The Labute approximate surface area is 157 Å². The van der Waals surface area contributed by atoms with Crippen LogP contribution in [0.15, 0.2) is 30.3 Å². The van der Waals surface area contributed by atoms with Crippen molar-refractivity contribution >= 4 is 0 Å². The van der Waals surface area contributed by atoms with E-state index in [1.54, 1.807) is 6.07 Å². The zero-order valence-electron chi connectivity index (χ0n) is 14.7. The van der Waals surface area contributed by atoms with Crippen molar-refractivity contribution in [2.45, 2.75) is 38.2 Å². The van der Waals surface area contributed by atoms with Crippen molar-refractivity contribution in [1.82, 2.24) is 15.3 Å². The summed E-state index contributed by atoms with van der Waals surface area (Å²) in [5.74, 6) is -0.221. The molecule has 1 aromatic carbocycles. The van der Waals surface area contributed by atoms with Gasteiger partial charge in [-0.15, -0.1) is 0 Å². The molecule has 0 saturated carbocycles. The fraction of sp³-hybridized carbons (Fsp3) is 0.389. The number of halogens is 6. The highest BCUT2D eigenvalue weighted by molar-refractivity contribution is 5.61. The average molecular weight is 402 g/mol. The number of nitriles is 1. The number of aryl methyl sites for hydroxylation is 1. The van der Waals surface area contributed by atoms with Gasteiger partial charge in [-0.1, -0.05) is 12.1 Å². The minimum absolute atomic E-state index is 0.0610. The van der Waals surface area contributed by atoms with Crippen LogP contribution >= 0.6 is 0 Å². The standard InChI is InChI=1S/C18H16F6N4/c1-11(17(19,20)21)26-7-3-6-14-9-15(28-16(10-25)27-14)12-4-2-5-13(8-12)18(22,23)24/h2,4-5,8-9,11,26H,3,6-7H2,1H3. The lowest BCUT2D eigenvalue weighted by molar-refractivity contribution is -0.151. The van der Waals surface area contributed by atoms with Crippen LogP contribution in [0.3, 0.4) is 0 Å². The predicted octanol–water partition coefficient (Wildman–Crippen LogP) is 4.51. The first-order valence-electron chi connectivity index (χ1n) is 8.26. The van der Waals surface area contributed by atoms with E-state index < -0.39 is 24.0 Å². The summed E-state index contributed by atoms with van der Waals surface area (Å²) in [7, 11) is 0. The van der Waals surface area contributed by atoms with E-state index in [4.69, 9.17) is 5.26 Å². The minimum Gasteiger partial charge on any atom is -0.306 e. The molecule has 1 aromatic heterocycles. The molecule has 150 valence electrons. The number of hydrogen-bond acceptors (Lipinski definition) is 4. The van der Waals surface area contributed by atoms with Gasteiger partial charge in [-0.3, -0.25) is 0 Å². The molecule has 0 spiro atoms. The van der Waals surface area contributed by atoms with Crippen LogP contribution in [-0.4, -0.2) is 28.7 Å². The lowest BCUT2D eigenvalue weighted by Gasteiger charge is -2.16. The van der Waals surface area contributed by atoms with E-state index in [9.17, 15) is 26.3 Å². The van der Waals surface area contributed by atoms with Gasteiger partial charge < -0.3 is 5.32 Å². The van der Waals surface area contributed by atoms with Crippen LogP contribution in [0.4, 0.5) is 26.3 Å². The fourth-order valence-corrected chi connectivity index (χ4v) is 2.38. The molecule has 10 heteroatoms. The SMILES string of the molecule is CC(NCCCc1cc(-c2cccc(C(F)(F)F)c2)nc(C#N)n1)C(F)(F)F. The van der Waals surface area contributed by atoms with Crippen LogP contribution in [0.25, 0.3) is 11.3 Å². The molecule has 0 bridgehead atoms. The fourth-order valence-electron chi connectivity index (χ4n) is 2.38. The summed E-state index contributed by atoms with van der Waals surface area (Å²) in [5.41, 5.74) is -0.183. The summed E-state index contributed by atoms with van der Waals surface area (Å²) >= 11 is 0. The molecule has 1 unspecified atom stereocenters. The maximum absolute atomic E-state index is 12.9. The molecule has 0 aliphatic rings. The topological polar surface area (TPSA) is 61.6 Å². The van der Waals surface area contributed by atoms with Crippen molar-refractivity contribution in [2.24, 2.45) is 0 Å². The lowest BCUT2D eigenvalue weighted by atomic mass is 10.1. The van der Waals surface area contributed by atoms with Gasteiger partial charge in [0.15, 0.2) is 0 Å². The third-order valence-corrected chi connectivity index (χ3v) is 3.92. The Hall–Kier alpha value is -2.67. The predicted molar refractivity (Wildman–Crippen MR) is 89.0 cm³/mol. The summed E-state index contributed by atoms with van der Waals surface area (Å²) in [4.78, 5) is 7.90. The Balaban J connectivity index is 2.15. The van der Waals surface area contributed by atoms with Crippen molar-refractivity contribution in [3.63, 3.8) is 0 Å². The number of hydrogen-bond donors (Lipinski definition) is 1. The highest BCUT2D eigenvalue weighted by Crippen LogP contribution is 2.31. The third-order valence-electron chi connectivity index (χ3n) is 3.92. The van der Waals surface area contributed by atoms with Gasteiger partial charge in [0, 0.05) is 11.3 Å². The summed E-state index contributed by atoms with van der Waals surface area (Å²) in [6.07, 6.45) is -8.34. The maximum atomic E-state index is 12.9. The lowest BCUT2D eigenvalue weighted by Crippen LogP contribution is -2.40. The number of alkyl halides is 6. The summed E-state index contributed by atoms with van der Waals surface area (Å²) in [5, 5.41) is 11.4. The van der Waals surface area contributed by atoms with Crippen molar-refractivity contribution in [2.75, 3.05) is 6.54 Å². The molecular formula is C18H16F6N4. The summed E-state index contributed by atoms with van der Waals surface area (Å²) in [6.45, 7) is 1.07. The van der Waals surface area contributed by atoms with Crippen LogP contribution in [0, 0.1) is 11.3 Å². The van der Waals surface area contributed by atoms with Crippen LogP contribution in [0.2, 0.25) is 0 Å². The Morgan fingerprint density at radius 3 is 2.43 bits per heavy atom. The van der Waals surface area contributed by atoms with Crippen LogP contribution < -0.4 is 5.32 Å². The van der Waals surface area contributed by atoms with Crippen molar-refractivity contribution < 1.29 is 26.3 Å². The second kappa shape index (κ2) is 8.56. The largest absolute Gasteiger partial charge is 0.416 e. The van der Waals surface area contributed by atoms with E-state index in [2.05, 4.69) is 15.3 Å². The normalized spacial score (nSPS) is 13.2. The van der Waals surface area contributed by atoms with Crippen LogP contribution in [0.1, 0.15) is 30.4 Å². The Kier molecular flexibility index (Phi) is 6.61. The molecule has 0 saturated heterocycles. The van der Waals surface area contributed by atoms with Gasteiger partial charge >= 0.3 is 12.4 Å². The van der Waals surface area contributed by atoms with E-state index >= 15 is 0 Å². The first kappa shape index (κ1) is 21.6. The zero-order valence-corrected chi connectivity index (χ0v) is 14.7. The second-order valence-electron chi connectivity index (χ2n) is 6.08. The van der Waals surface area contributed by atoms with Crippen molar-refractivity contribution in [1.29, 1.82) is 5.26 Å². The van der Waals surface area contributed by atoms with E-state index in [1.807, 2.05) is 0 Å². The molecular weight excluding hydrogens is 386 g/mol. The summed E-state index contributed by atoms with van der Waals surface area (Å²) in [6, 6.07) is 6.01. The molecule has 1 N–H and O–H groups in total. The zero-order chi connectivity index (χ0) is 20.9. The first-order chi connectivity index (χ1) is 13.0. The van der Waals surface area contributed by atoms with E-state index in [-0.39, 0.29) is 30.0 Å². The number of nitrogens with zero attached hydrogens (tertiary/aromatic N) is 3. The molecule has 0 amide bonds. The number of benzene rings is 1.